The molecule has 4 heteroatoms. The Labute approximate surface area is 101 Å². The van der Waals surface area contributed by atoms with Crippen LogP contribution in [-0.4, -0.2) is 9.78 Å². The third-order valence-electron chi connectivity index (χ3n) is 1.99. The average molecular weight is 319 g/mol. The van der Waals surface area contributed by atoms with E-state index in [4.69, 9.17) is 11.6 Å². The maximum absolute atomic E-state index is 5.82. The van der Waals surface area contributed by atoms with Gasteiger partial charge in [0.2, 0.25) is 0 Å². The van der Waals surface area contributed by atoms with Crippen LogP contribution in [0.3, 0.4) is 0 Å². The molecule has 1 aromatic carbocycles. The number of halogens is 2. The van der Waals surface area contributed by atoms with E-state index in [9.17, 15) is 0 Å². The van der Waals surface area contributed by atoms with Crippen molar-refractivity contribution in [3.63, 3.8) is 0 Å². The number of hydrogen-bond donors (Lipinski definition) is 0. The molecule has 0 aliphatic rings. The maximum Gasteiger partial charge on any atom is 0.123 e. The summed E-state index contributed by atoms with van der Waals surface area (Å²) in [7, 11) is 1.94. The van der Waals surface area contributed by atoms with Gasteiger partial charge in [-0.05, 0) is 46.4 Å². The van der Waals surface area contributed by atoms with Gasteiger partial charge in [0.05, 0.1) is 5.69 Å². The van der Waals surface area contributed by atoms with E-state index in [1.54, 1.807) is 0 Å². The number of nitrogens with zero attached hydrogens (tertiary/aromatic N) is 2. The van der Waals surface area contributed by atoms with Crippen molar-refractivity contribution in [2.75, 3.05) is 0 Å². The van der Waals surface area contributed by atoms with Crippen LogP contribution in [0.15, 0.2) is 30.3 Å². The second kappa shape index (κ2) is 3.90. The van der Waals surface area contributed by atoms with E-state index in [0.717, 1.165) is 20.0 Å². The molecule has 0 unspecified atom stereocenters. The van der Waals surface area contributed by atoms with Gasteiger partial charge in [0.1, 0.15) is 3.70 Å². The first kappa shape index (κ1) is 9.98. The first-order chi connectivity index (χ1) is 6.66. The SMILES string of the molecule is Cn1nc(I)cc1-c1ccc(Cl)cc1. The molecule has 2 rings (SSSR count). The lowest BCUT2D eigenvalue weighted by atomic mass is 10.1. The van der Waals surface area contributed by atoms with Gasteiger partial charge in [0, 0.05) is 12.1 Å². The summed E-state index contributed by atoms with van der Waals surface area (Å²) in [5, 5.41) is 5.04. The van der Waals surface area contributed by atoms with E-state index >= 15 is 0 Å². The Kier molecular flexibility index (Phi) is 2.78. The summed E-state index contributed by atoms with van der Waals surface area (Å²) in [5.41, 5.74) is 2.23. The summed E-state index contributed by atoms with van der Waals surface area (Å²) in [5.74, 6) is 0. The summed E-state index contributed by atoms with van der Waals surface area (Å²) < 4.78 is 2.86. The zero-order valence-corrected chi connectivity index (χ0v) is 10.5. The molecule has 0 aliphatic heterocycles. The highest BCUT2D eigenvalue weighted by Crippen LogP contribution is 2.22. The fraction of sp³-hybridized carbons (Fsp3) is 0.100. The Hall–Kier alpha value is -0.550. The molecule has 0 bridgehead atoms. The molecule has 0 fully saturated rings. The monoisotopic (exact) mass is 318 g/mol. The Morgan fingerprint density at radius 3 is 2.43 bits per heavy atom. The zero-order valence-electron chi connectivity index (χ0n) is 7.54. The van der Waals surface area contributed by atoms with Crippen LogP contribution in [0.1, 0.15) is 0 Å². The lowest BCUT2D eigenvalue weighted by molar-refractivity contribution is 0.767. The van der Waals surface area contributed by atoms with Crippen LogP contribution >= 0.6 is 34.2 Å². The van der Waals surface area contributed by atoms with Gasteiger partial charge in [0.15, 0.2) is 0 Å². The summed E-state index contributed by atoms with van der Waals surface area (Å²) in [6.07, 6.45) is 0. The Balaban J connectivity index is 2.49. The van der Waals surface area contributed by atoms with Gasteiger partial charge in [0.25, 0.3) is 0 Å². The van der Waals surface area contributed by atoms with Gasteiger partial charge >= 0.3 is 0 Å². The van der Waals surface area contributed by atoms with E-state index < -0.39 is 0 Å². The molecule has 0 atom stereocenters. The van der Waals surface area contributed by atoms with Crippen LogP contribution in [0, 0.1) is 3.70 Å². The van der Waals surface area contributed by atoms with E-state index in [0.29, 0.717) is 0 Å². The molecule has 0 aliphatic carbocycles. The number of rotatable bonds is 1. The molecular weight excluding hydrogens is 310 g/mol. The lowest BCUT2D eigenvalue weighted by Crippen LogP contribution is -1.93. The van der Waals surface area contributed by atoms with E-state index in [1.807, 2.05) is 42.1 Å². The number of benzene rings is 1. The first-order valence-corrected chi connectivity index (χ1v) is 5.58. The predicted molar refractivity (Wildman–Crippen MR) is 66.4 cm³/mol. The maximum atomic E-state index is 5.82. The summed E-state index contributed by atoms with van der Waals surface area (Å²) in [6, 6.07) is 9.81. The molecule has 0 saturated carbocycles. The van der Waals surface area contributed by atoms with Crippen molar-refractivity contribution in [3.05, 3.63) is 39.1 Å². The van der Waals surface area contributed by atoms with Crippen LogP contribution in [0.2, 0.25) is 5.02 Å². The van der Waals surface area contributed by atoms with Crippen molar-refractivity contribution in [3.8, 4) is 11.3 Å². The minimum atomic E-state index is 0.755. The predicted octanol–water partition coefficient (Wildman–Crippen LogP) is 3.35. The Bertz CT molecular complexity index is 448. The fourth-order valence-corrected chi connectivity index (χ4v) is 2.07. The highest BCUT2D eigenvalue weighted by atomic mass is 127. The smallest absolute Gasteiger partial charge is 0.123 e. The van der Waals surface area contributed by atoms with Crippen LogP contribution in [-0.2, 0) is 7.05 Å². The normalized spacial score (nSPS) is 10.5. The molecule has 0 spiro atoms. The van der Waals surface area contributed by atoms with Crippen LogP contribution < -0.4 is 0 Å². The second-order valence-electron chi connectivity index (χ2n) is 2.98. The zero-order chi connectivity index (χ0) is 10.1. The van der Waals surface area contributed by atoms with Crippen LogP contribution in [0.25, 0.3) is 11.3 Å². The summed E-state index contributed by atoms with van der Waals surface area (Å²) in [4.78, 5) is 0. The van der Waals surface area contributed by atoms with Gasteiger partial charge in [-0.1, -0.05) is 23.7 Å². The Morgan fingerprint density at radius 2 is 1.93 bits per heavy atom. The molecular formula is C10H8ClIN2. The third kappa shape index (κ3) is 1.93. The molecule has 0 amide bonds. The van der Waals surface area contributed by atoms with E-state index in [1.165, 1.54) is 0 Å². The molecule has 0 N–H and O–H groups in total. The average Bonchev–Trinajstić information content (AvgIpc) is 2.47. The fourth-order valence-electron chi connectivity index (χ4n) is 1.32. The largest absolute Gasteiger partial charge is 0.267 e. The number of hydrogen-bond acceptors (Lipinski definition) is 1. The molecule has 2 nitrogen and oxygen atoms in total. The van der Waals surface area contributed by atoms with Crippen molar-refractivity contribution in [1.29, 1.82) is 0 Å². The standard InChI is InChI=1S/C10H8ClIN2/c1-14-9(6-10(12)13-14)7-2-4-8(11)5-3-7/h2-6H,1H3. The van der Waals surface area contributed by atoms with Gasteiger partial charge in [-0.15, -0.1) is 0 Å². The molecule has 1 aromatic heterocycles. The Morgan fingerprint density at radius 1 is 1.29 bits per heavy atom. The third-order valence-corrected chi connectivity index (χ3v) is 2.77. The summed E-state index contributed by atoms with van der Waals surface area (Å²) >= 11 is 8.02. The second-order valence-corrected chi connectivity index (χ2v) is 4.52. The van der Waals surface area contributed by atoms with Gasteiger partial charge < -0.3 is 0 Å². The minimum absolute atomic E-state index is 0.755. The van der Waals surface area contributed by atoms with Crippen LogP contribution in [0.4, 0.5) is 0 Å². The van der Waals surface area contributed by atoms with Crippen molar-refractivity contribution < 1.29 is 0 Å². The lowest BCUT2D eigenvalue weighted by Gasteiger charge is -2.00. The van der Waals surface area contributed by atoms with E-state index in [-0.39, 0.29) is 0 Å². The minimum Gasteiger partial charge on any atom is -0.267 e. The molecule has 0 radical (unpaired) electrons. The van der Waals surface area contributed by atoms with Crippen molar-refractivity contribution >= 4 is 34.2 Å². The summed E-state index contributed by atoms with van der Waals surface area (Å²) in [6.45, 7) is 0. The quantitative estimate of drug-likeness (QED) is 0.737. The topological polar surface area (TPSA) is 17.8 Å². The molecule has 72 valence electrons. The van der Waals surface area contributed by atoms with Crippen molar-refractivity contribution in [2.24, 2.45) is 7.05 Å². The van der Waals surface area contributed by atoms with Crippen molar-refractivity contribution in [1.82, 2.24) is 9.78 Å². The molecule has 2 aromatic rings. The van der Waals surface area contributed by atoms with Crippen LogP contribution in [0.5, 0.6) is 0 Å². The molecule has 1 heterocycles. The highest BCUT2D eigenvalue weighted by Gasteiger charge is 2.04. The highest BCUT2D eigenvalue weighted by molar-refractivity contribution is 14.1. The molecule has 14 heavy (non-hydrogen) atoms. The number of aromatic nitrogens is 2. The van der Waals surface area contributed by atoms with Gasteiger partial charge in [-0.25, -0.2) is 0 Å². The van der Waals surface area contributed by atoms with Crippen molar-refractivity contribution in [2.45, 2.75) is 0 Å². The van der Waals surface area contributed by atoms with Gasteiger partial charge in [-0.2, -0.15) is 5.10 Å². The first-order valence-electron chi connectivity index (χ1n) is 4.12. The number of aryl methyl sites for hydroxylation is 1. The molecule has 0 saturated heterocycles. The van der Waals surface area contributed by atoms with Gasteiger partial charge in [-0.3, -0.25) is 4.68 Å². The van der Waals surface area contributed by atoms with E-state index in [2.05, 4.69) is 27.7 Å².